The standard InChI is InChI=1S/C15H16N2O4/c1-10-7-12(3-4-13(10)14(18)19)16-15(20)17(2)8-11-5-6-21-9-11/h3-7,9H,8H2,1-2H3,(H,16,20)(H,18,19). The molecule has 0 saturated carbocycles. The van der Waals surface area contributed by atoms with E-state index in [0.29, 0.717) is 17.8 Å². The number of nitrogens with zero attached hydrogens (tertiary/aromatic N) is 1. The lowest BCUT2D eigenvalue weighted by molar-refractivity contribution is 0.0696. The predicted molar refractivity (Wildman–Crippen MR) is 77.3 cm³/mol. The molecule has 0 aliphatic rings. The van der Waals surface area contributed by atoms with Gasteiger partial charge in [0, 0.05) is 18.3 Å². The van der Waals surface area contributed by atoms with Crippen LogP contribution in [-0.2, 0) is 6.54 Å². The summed E-state index contributed by atoms with van der Waals surface area (Å²) in [6.07, 6.45) is 3.13. The first-order valence-corrected chi connectivity index (χ1v) is 6.34. The Morgan fingerprint density at radius 3 is 2.67 bits per heavy atom. The minimum Gasteiger partial charge on any atom is -0.478 e. The van der Waals surface area contributed by atoms with Crippen molar-refractivity contribution >= 4 is 17.7 Å². The van der Waals surface area contributed by atoms with E-state index in [1.807, 2.05) is 0 Å². The molecule has 110 valence electrons. The topological polar surface area (TPSA) is 82.8 Å². The Bertz CT molecular complexity index is 650. The molecule has 1 aromatic heterocycles. The van der Waals surface area contributed by atoms with E-state index in [1.165, 1.54) is 11.0 Å². The molecular weight excluding hydrogens is 272 g/mol. The average Bonchev–Trinajstić information content (AvgIpc) is 2.91. The van der Waals surface area contributed by atoms with Gasteiger partial charge < -0.3 is 19.7 Å². The van der Waals surface area contributed by atoms with E-state index in [2.05, 4.69) is 5.32 Å². The number of furan rings is 1. The Labute approximate surface area is 122 Å². The van der Waals surface area contributed by atoms with Crippen LogP contribution in [0.15, 0.2) is 41.2 Å². The van der Waals surface area contributed by atoms with E-state index in [0.717, 1.165) is 5.56 Å². The number of carbonyl (C=O) groups excluding carboxylic acids is 1. The monoisotopic (exact) mass is 288 g/mol. The van der Waals surface area contributed by atoms with Crippen molar-refractivity contribution in [2.75, 3.05) is 12.4 Å². The van der Waals surface area contributed by atoms with Gasteiger partial charge in [0.15, 0.2) is 0 Å². The maximum atomic E-state index is 12.0. The fourth-order valence-corrected chi connectivity index (χ4v) is 1.93. The Morgan fingerprint density at radius 2 is 2.10 bits per heavy atom. The highest BCUT2D eigenvalue weighted by molar-refractivity contribution is 5.92. The lowest BCUT2D eigenvalue weighted by Crippen LogP contribution is -2.30. The van der Waals surface area contributed by atoms with E-state index in [4.69, 9.17) is 9.52 Å². The maximum absolute atomic E-state index is 12.0. The molecule has 6 nitrogen and oxygen atoms in total. The fourth-order valence-electron chi connectivity index (χ4n) is 1.93. The normalized spacial score (nSPS) is 10.2. The van der Waals surface area contributed by atoms with Crippen molar-refractivity contribution in [2.45, 2.75) is 13.5 Å². The lowest BCUT2D eigenvalue weighted by atomic mass is 10.1. The van der Waals surface area contributed by atoms with E-state index in [1.54, 1.807) is 44.7 Å². The van der Waals surface area contributed by atoms with Gasteiger partial charge in [-0.15, -0.1) is 0 Å². The number of hydrogen-bond acceptors (Lipinski definition) is 3. The summed E-state index contributed by atoms with van der Waals surface area (Å²) >= 11 is 0. The van der Waals surface area contributed by atoms with Gasteiger partial charge in [0.05, 0.1) is 24.6 Å². The molecule has 2 amide bonds. The molecule has 1 aromatic carbocycles. The van der Waals surface area contributed by atoms with E-state index in [-0.39, 0.29) is 11.6 Å². The third-order valence-electron chi connectivity index (χ3n) is 3.05. The van der Waals surface area contributed by atoms with Gasteiger partial charge in [-0.2, -0.15) is 0 Å². The highest BCUT2D eigenvalue weighted by Crippen LogP contribution is 2.16. The molecule has 6 heteroatoms. The molecule has 2 N–H and O–H groups in total. The molecule has 0 spiro atoms. The first-order valence-electron chi connectivity index (χ1n) is 6.34. The first-order chi connectivity index (χ1) is 9.97. The number of hydrogen-bond donors (Lipinski definition) is 2. The summed E-state index contributed by atoms with van der Waals surface area (Å²) in [6.45, 7) is 2.11. The molecule has 0 unspecified atom stereocenters. The van der Waals surface area contributed by atoms with Gasteiger partial charge in [0.1, 0.15) is 0 Å². The van der Waals surface area contributed by atoms with Crippen LogP contribution in [0.1, 0.15) is 21.5 Å². The van der Waals surface area contributed by atoms with E-state index in [9.17, 15) is 9.59 Å². The average molecular weight is 288 g/mol. The van der Waals surface area contributed by atoms with Crippen molar-refractivity contribution in [1.29, 1.82) is 0 Å². The second-order valence-corrected chi connectivity index (χ2v) is 4.75. The second-order valence-electron chi connectivity index (χ2n) is 4.75. The summed E-state index contributed by atoms with van der Waals surface area (Å²) < 4.78 is 4.95. The van der Waals surface area contributed by atoms with Crippen LogP contribution >= 0.6 is 0 Å². The molecular formula is C15H16N2O4. The van der Waals surface area contributed by atoms with Crippen LogP contribution in [0.25, 0.3) is 0 Å². The number of carboxylic acids is 1. The number of rotatable bonds is 4. The summed E-state index contributed by atoms with van der Waals surface area (Å²) in [5, 5.41) is 11.7. The number of benzene rings is 1. The quantitative estimate of drug-likeness (QED) is 0.906. The largest absolute Gasteiger partial charge is 0.478 e. The molecule has 0 aliphatic heterocycles. The van der Waals surface area contributed by atoms with Crippen molar-refractivity contribution in [1.82, 2.24) is 4.90 Å². The number of aryl methyl sites for hydroxylation is 1. The van der Waals surface area contributed by atoms with Crippen LogP contribution in [0.5, 0.6) is 0 Å². The van der Waals surface area contributed by atoms with Crippen molar-refractivity contribution in [2.24, 2.45) is 0 Å². The molecule has 0 aliphatic carbocycles. The van der Waals surface area contributed by atoms with E-state index < -0.39 is 5.97 Å². The molecule has 2 aromatic rings. The molecule has 0 atom stereocenters. The zero-order valence-corrected chi connectivity index (χ0v) is 11.8. The van der Waals surface area contributed by atoms with Crippen LogP contribution in [-0.4, -0.2) is 29.1 Å². The predicted octanol–water partition coefficient (Wildman–Crippen LogP) is 2.95. The molecule has 2 rings (SSSR count). The SMILES string of the molecule is Cc1cc(NC(=O)N(C)Cc2ccoc2)ccc1C(=O)O. The van der Waals surface area contributed by atoms with E-state index >= 15 is 0 Å². The summed E-state index contributed by atoms with van der Waals surface area (Å²) in [5.41, 5.74) is 2.27. The number of aromatic carboxylic acids is 1. The van der Waals surface area contributed by atoms with Crippen molar-refractivity contribution in [3.8, 4) is 0 Å². The molecule has 21 heavy (non-hydrogen) atoms. The van der Waals surface area contributed by atoms with Crippen LogP contribution in [0, 0.1) is 6.92 Å². The minimum atomic E-state index is -0.984. The van der Waals surface area contributed by atoms with Crippen molar-refractivity contribution in [3.63, 3.8) is 0 Å². The first kappa shape index (κ1) is 14.6. The second kappa shape index (κ2) is 6.13. The maximum Gasteiger partial charge on any atom is 0.335 e. The third-order valence-corrected chi connectivity index (χ3v) is 3.05. The van der Waals surface area contributed by atoms with Crippen molar-refractivity contribution < 1.29 is 19.1 Å². The van der Waals surface area contributed by atoms with Gasteiger partial charge in [0.25, 0.3) is 0 Å². The zero-order valence-electron chi connectivity index (χ0n) is 11.8. The van der Waals surface area contributed by atoms with Crippen LogP contribution in [0.4, 0.5) is 10.5 Å². The number of urea groups is 1. The Hall–Kier alpha value is -2.76. The number of anilines is 1. The fraction of sp³-hybridized carbons (Fsp3) is 0.200. The highest BCUT2D eigenvalue weighted by Gasteiger charge is 2.12. The zero-order chi connectivity index (χ0) is 15.4. The summed E-state index contributed by atoms with van der Waals surface area (Å²) in [5.74, 6) is -0.984. The molecule has 0 saturated heterocycles. The van der Waals surface area contributed by atoms with Gasteiger partial charge in [0.2, 0.25) is 0 Å². The molecule has 0 fully saturated rings. The lowest BCUT2D eigenvalue weighted by Gasteiger charge is -2.17. The third kappa shape index (κ3) is 3.62. The Kier molecular flexibility index (Phi) is 4.27. The number of carbonyl (C=O) groups is 2. The summed E-state index contributed by atoms with van der Waals surface area (Å²) in [7, 11) is 1.67. The number of carboxylic acid groups (broad SMARTS) is 1. The summed E-state index contributed by atoms with van der Waals surface area (Å²) in [6, 6.07) is 6.19. The molecule has 1 heterocycles. The van der Waals surface area contributed by atoms with Crippen LogP contribution in [0.2, 0.25) is 0 Å². The van der Waals surface area contributed by atoms with Gasteiger partial charge >= 0.3 is 12.0 Å². The minimum absolute atomic E-state index is 0.222. The molecule has 0 radical (unpaired) electrons. The van der Waals surface area contributed by atoms with Crippen LogP contribution < -0.4 is 5.32 Å². The van der Waals surface area contributed by atoms with Gasteiger partial charge in [-0.1, -0.05) is 0 Å². The summed E-state index contributed by atoms with van der Waals surface area (Å²) in [4.78, 5) is 24.5. The Morgan fingerprint density at radius 1 is 1.33 bits per heavy atom. The van der Waals surface area contributed by atoms with Gasteiger partial charge in [-0.3, -0.25) is 0 Å². The van der Waals surface area contributed by atoms with Crippen LogP contribution in [0.3, 0.4) is 0 Å². The van der Waals surface area contributed by atoms with Gasteiger partial charge in [-0.25, -0.2) is 9.59 Å². The Balaban J connectivity index is 2.02. The smallest absolute Gasteiger partial charge is 0.335 e. The molecule has 0 bridgehead atoms. The van der Waals surface area contributed by atoms with Gasteiger partial charge in [-0.05, 0) is 36.8 Å². The highest BCUT2D eigenvalue weighted by atomic mass is 16.4. The number of nitrogens with one attached hydrogen (secondary N) is 1. The van der Waals surface area contributed by atoms with Crippen molar-refractivity contribution in [3.05, 3.63) is 53.5 Å². The number of amides is 2.